The van der Waals surface area contributed by atoms with Crippen molar-refractivity contribution in [2.24, 2.45) is 7.05 Å². The van der Waals surface area contributed by atoms with Gasteiger partial charge < -0.3 is 14.5 Å². The van der Waals surface area contributed by atoms with Crippen molar-refractivity contribution in [3.05, 3.63) is 58.6 Å². The Hall–Kier alpha value is -3.16. The van der Waals surface area contributed by atoms with Gasteiger partial charge in [0, 0.05) is 37.6 Å². The van der Waals surface area contributed by atoms with Gasteiger partial charge in [-0.15, -0.1) is 10.2 Å². The number of carbonyl (C=O) groups is 1. The van der Waals surface area contributed by atoms with Gasteiger partial charge in [-0.2, -0.15) is 5.10 Å². The molecule has 1 N–H and O–H groups in total. The molecule has 8 heteroatoms. The molecule has 1 amide bonds. The summed E-state index contributed by atoms with van der Waals surface area (Å²) in [5.74, 6) is 1.83. The van der Waals surface area contributed by atoms with Gasteiger partial charge in [-0.05, 0) is 44.9 Å². The van der Waals surface area contributed by atoms with Crippen LogP contribution in [-0.2, 0) is 31.1 Å². The van der Waals surface area contributed by atoms with Gasteiger partial charge >= 0.3 is 0 Å². The first-order valence-electron chi connectivity index (χ1n) is 10.1. The number of ether oxygens (including phenoxy) is 1. The number of nitrogens with zero attached hydrogens (tertiary/aromatic N) is 4. The summed E-state index contributed by atoms with van der Waals surface area (Å²) in [5, 5.41) is 15.6. The first-order chi connectivity index (χ1) is 14.4. The van der Waals surface area contributed by atoms with E-state index in [4.69, 9.17) is 9.15 Å². The van der Waals surface area contributed by atoms with Crippen LogP contribution < -0.4 is 10.1 Å². The predicted octanol–water partition coefficient (Wildman–Crippen LogP) is 3.02. The number of amides is 1. The Morgan fingerprint density at radius 1 is 1.20 bits per heavy atom. The number of hydrogen-bond donors (Lipinski definition) is 1. The lowest BCUT2D eigenvalue weighted by atomic mass is 10.1. The molecule has 0 aliphatic rings. The average molecular weight is 412 g/mol. The van der Waals surface area contributed by atoms with E-state index in [9.17, 15) is 4.79 Å². The smallest absolute Gasteiger partial charge is 0.220 e. The number of aryl methyl sites for hydroxylation is 5. The van der Waals surface area contributed by atoms with Crippen LogP contribution in [-0.4, -0.2) is 33.0 Å². The van der Waals surface area contributed by atoms with Crippen LogP contribution in [0.5, 0.6) is 5.75 Å². The molecule has 0 bridgehead atoms. The summed E-state index contributed by atoms with van der Waals surface area (Å²) in [4.78, 5) is 12.4. The number of rotatable bonds is 9. The van der Waals surface area contributed by atoms with E-state index < -0.39 is 0 Å². The number of methoxy groups -OCH3 is 1. The molecule has 160 valence electrons. The van der Waals surface area contributed by atoms with Crippen LogP contribution in [0.1, 0.15) is 53.7 Å². The quantitative estimate of drug-likeness (QED) is 0.582. The van der Waals surface area contributed by atoms with Crippen molar-refractivity contribution in [3.63, 3.8) is 0 Å². The molecular weight excluding hydrogens is 382 g/mol. The van der Waals surface area contributed by atoms with E-state index in [2.05, 4.69) is 20.6 Å². The highest BCUT2D eigenvalue weighted by Gasteiger charge is 2.18. The number of aromatic nitrogens is 4. The van der Waals surface area contributed by atoms with Gasteiger partial charge in [-0.1, -0.05) is 12.1 Å². The van der Waals surface area contributed by atoms with Crippen molar-refractivity contribution < 1.29 is 13.9 Å². The van der Waals surface area contributed by atoms with Gasteiger partial charge in [-0.25, -0.2) is 0 Å². The topological polar surface area (TPSA) is 95.1 Å². The van der Waals surface area contributed by atoms with Crippen LogP contribution in [0.2, 0.25) is 0 Å². The van der Waals surface area contributed by atoms with Gasteiger partial charge in [0.05, 0.1) is 18.8 Å². The summed E-state index contributed by atoms with van der Waals surface area (Å²) in [7, 11) is 3.56. The molecule has 1 aromatic carbocycles. The highest BCUT2D eigenvalue weighted by atomic mass is 16.5. The third kappa shape index (κ3) is 5.25. The van der Waals surface area contributed by atoms with Crippen molar-refractivity contribution in [1.29, 1.82) is 0 Å². The molecule has 2 aromatic heterocycles. The Bertz CT molecular complexity index is 1010. The third-order valence-electron chi connectivity index (χ3n) is 5.21. The summed E-state index contributed by atoms with van der Waals surface area (Å²) < 4.78 is 12.8. The highest BCUT2D eigenvalue weighted by molar-refractivity contribution is 5.76. The third-order valence-corrected chi connectivity index (χ3v) is 5.21. The molecule has 0 saturated carbocycles. The number of benzene rings is 1. The average Bonchev–Trinajstić information content (AvgIpc) is 3.28. The standard InChI is InChI=1S/C22H29N5O3/c1-14(22-15(2)26-27(4)16(22)3)23-19(28)10-12-21-25-24-20(30-21)11-9-17-7-6-8-18(13-17)29-5/h6-8,13-14H,9-12H2,1-5H3,(H,23,28)/t14-/m1/s1. The molecule has 1 atom stereocenters. The van der Waals surface area contributed by atoms with Gasteiger partial charge in [0.2, 0.25) is 17.7 Å². The minimum absolute atomic E-state index is 0.0544. The van der Waals surface area contributed by atoms with E-state index >= 15 is 0 Å². The van der Waals surface area contributed by atoms with Gasteiger partial charge in [0.1, 0.15) is 5.75 Å². The minimum Gasteiger partial charge on any atom is -0.497 e. The first-order valence-corrected chi connectivity index (χ1v) is 10.1. The summed E-state index contributed by atoms with van der Waals surface area (Å²) in [6, 6.07) is 7.80. The summed E-state index contributed by atoms with van der Waals surface area (Å²) in [6.45, 7) is 5.93. The molecule has 8 nitrogen and oxygen atoms in total. The maximum Gasteiger partial charge on any atom is 0.220 e. The Morgan fingerprint density at radius 3 is 2.60 bits per heavy atom. The predicted molar refractivity (Wildman–Crippen MR) is 112 cm³/mol. The lowest BCUT2D eigenvalue weighted by Crippen LogP contribution is -2.27. The van der Waals surface area contributed by atoms with E-state index in [1.165, 1.54) is 0 Å². The molecule has 3 aromatic rings. The zero-order valence-electron chi connectivity index (χ0n) is 18.2. The van der Waals surface area contributed by atoms with Crippen LogP contribution in [0.15, 0.2) is 28.7 Å². The van der Waals surface area contributed by atoms with Crippen LogP contribution in [0.3, 0.4) is 0 Å². The van der Waals surface area contributed by atoms with E-state index in [-0.39, 0.29) is 11.9 Å². The molecule has 0 saturated heterocycles. The normalized spacial score (nSPS) is 12.0. The summed E-state index contributed by atoms with van der Waals surface area (Å²) in [6.07, 6.45) is 2.12. The lowest BCUT2D eigenvalue weighted by molar-refractivity contribution is -0.121. The van der Waals surface area contributed by atoms with E-state index in [0.717, 1.165) is 34.7 Å². The Balaban J connectivity index is 1.48. The second kappa shape index (κ2) is 9.56. The number of carbonyl (C=O) groups excluding carboxylic acids is 1. The number of nitrogens with one attached hydrogen (secondary N) is 1. The summed E-state index contributed by atoms with van der Waals surface area (Å²) in [5.41, 5.74) is 4.19. The van der Waals surface area contributed by atoms with Crippen LogP contribution in [0.4, 0.5) is 0 Å². The molecule has 2 heterocycles. The van der Waals surface area contributed by atoms with E-state index in [1.807, 2.05) is 56.8 Å². The fraction of sp³-hybridized carbons (Fsp3) is 0.455. The minimum atomic E-state index is -0.104. The van der Waals surface area contributed by atoms with Crippen LogP contribution in [0.25, 0.3) is 0 Å². The van der Waals surface area contributed by atoms with Crippen molar-refractivity contribution in [3.8, 4) is 5.75 Å². The molecule has 0 aliphatic carbocycles. The SMILES string of the molecule is COc1cccc(CCc2nnc(CCC(=O)N[C@H](C)c3c(C)nn(C)c3C)o2)c1. The fourth-order valence-corrected chi connectivity index (χ4v) is 3.59. The summed E-state index contributed by atoms with van der Waals surface area (Å²) >= 11 is 0. The second-order valence-corrected chi connectivity index (χ2v) is 7.44. The maximum atomic E-state index is 12.4. The zero-order valence-corrected chi connectivity index (χ0v) is 18.2. The largest absolute Gasteiger partial charge is 0.497 e. The zero-order chi connectivity index (χ0) is 21.7. The molecule has 0 fully saturated rings. The van der Waals surface area contributed by atoms with Crippen molar-refractivity contribution >= 4 is 5.91 Å². The molecule has 0 radical (unpaired) electrons. The van der Waals surface area contributed by atoms with E-state index in [1.54, 1.807) is 7.11 Å². The van der Waals surface area contributed by atoms with Crippen molar-refractivity contribution in [1.82, 2.24) is 25.3 Å². The molecule has 0 spiro atoms. The van der Waals surface area contributed by atoms with Crippen LogP contribution in [0, 0.1) is 13.8 Å². The lowest BCUT2D eigenvalue weighted by Gasteiger charge is -2.14. The van der Waals surface area contributed by atoms with Crippen molar-refractivity contribution in [2.45, 2.75) is 52.5 Å². The highest BCUT2D eigenvalue weighted by Crippen LogP contribution is 2.21. The number of hydrogen-bond acceptors (Lipinski definition) is 6. The Kier molecular flexibility index (Phi) is 6.87. The molecule has 0 unspecified atom stereocenters. The monoisotopic (exact) mass is 411 g/mol. The molecule has 0 aliphatic heterocycles. The maximum absolute atomic E-state index is 12.4. The van der Waals surface area contributed by atoms with Crippen molar-refractivity contribution in [2.75, 3.05) is 7.11 Å². The Labute approximate surface area is 176 Å². The second-order valence-electron chi connectivity index (χ2n) is 7.44. The molecular formula is C22H29N5O3. The van der Waals surface area contributed by atoms with Gasteiger partial charge in [-0.3, -0.25) is 9.48 Å². The molecule has 30 heavy (non-hydrogen) atoms. The first kappa shape index (κ1) is 21.5. The fourth-order valence-electron chi connectivity index (χ4n) is 3.59. The van der Waals surface area contributed by atoms with Crippen LogP contribution >= 0.6 is 0 Å². The van der Waals surface area contributed by atoms with Gasteiger partial charge in [0.15, 0.2) is 0 Å². The van der Waals surface area contributed by atoms with E-state index in [0.29, 0.717) is 31.0 Å². The van der Waals surface area contributed by atoms with Gasteiger partial charge in [0.25, 0.3) is 0 Å². The Morgan fingerprint density at radius 2 is 1.93 bits per heavy atom. The molecule has 3 rings (SSSR count).